The number of carbonyl (C=O) groups excluding carboxylic acids is 5. The molecule has 0 bridgehead atoms. The van der Waals surface area contributed by atoms with Gasteiger partial charge in [-0.2, -0.15) is 0 Å². The van der Waals surface area contributed by atoms with Crippen molar-refractivity contribution in [2.24, 2.45) is 0 Å². The van der Waals surface area contributed by atoms with Crippen molar-refractivity contribution in [3.8, 4) is 0 Å². The molecule has 0 saturated heterocycles. The molecular weight excluding hydrogens is 754 g/mol. The molecule has 0 unspecified atom stereocenters. The average molecular weight is 813 g/mol. The molecule has 0 rings (SSSR count). The van der Waals surface area contributed by atoms with E-state index >= 15 is 0 Å². The smallest absolute Gasteiger partial charge is 0.414 e. The van der Waals surface area contributed by atoms with Crippen LogP contribution >= 0.6 is 15.9 Å². The van der Waals surface area contributed by atoms with E-state index in [0.717, 1.165) is 43.4 Å². The molecule has 0 aromatic heterocycles. The molecule has 0 aliphatic rings. The number of unbranched alkanes of at least 4 members (excludes halogenated alkanes) is 7. The van der Waals surface area contributed by atoms with E-state index in [2.05, 4.69) is 37.2 Å². The Labute approximate surface area is 313 Å². The van der Waals surface area contributed by atoms with E-state index < -0.39 is 18.0 Å². The number of halogens is 1. The molecule has 6 N–H and O–H groups in total. The Morgan fingerprint density at radius 2 is 0.923 bits per heavy atom. The number of rotatable bonds is 35. The molecular formula is C33H58BrN5O13. The van der Waals surface area contributed by atoms with Gasteiger partial charge in [0.25, 0.3) is 0 Å². The average Bonchev–Trinajstić information content (AvgIpc) is 3.10. The third-order valence-corrected chi connectivity index (χ3v) is 7.60. The summed E-state index contributed by atoms with van der Waals surface area (Å²) in [7, 11) is 0. The topological polar surface area (TPSA) is 248 Å². The van der Waals surface area contributed by atoms with E-state index in [-0.39, 0.29) is 127 Å². The first-order valence-corrected chi connectivity index (χ1v) is 18.9. The van der Waals surface area contributed by atoms with Crippen LogP contribution in [0.4, 0.5) is 4.79 Å². The number of imide groups is 1. The van der Waals surface area contributed by atoms with Crippen molar-refractivity contribution in [2.45, 2.75) is 77.0 Å². The number of carboxylic acids is 1. The number of aliphatic carboxylic acids is 1. The van der Waals surface area contributed by atoms with Crippen LogP contribution in [0, 0.1) is 0 Å². The number of alkyl halides is 1. The van der Waals surface area contributed by atoms with Gasteiger partial charge in [0.05, 0.1) is 45.0 Å². The second-order valence-electron chi connectivity index (χ2n) is 11.5. The van der Waals surface area contributed by atoms with Gasteiger partial charge < -0.3 is 50.4 Å². The van der Waals surface area contributed by atoms with Gasteiger partial charge in [-0.05, 0) is 19.3 Å². The van der Waals surface area contributed by atoms with Crippen molar-refractivity contribution in [2.75, 3.05) is 90.9 Å². The summed E-state index contributed by atoms with van der Waals surface area (Å²) in [5.74, 6) is -2.34. The third-order valence-electron chi connectivity index (χ3n) is 7.09. The number of carbonyl (C=O) groups is 7. The van der Waals surface area contributed by atoms with Gasteiger partial charge in [-0.15, -0.1) is 0 Å². The molecule has 0 aliphatic heterocycles. The van der Waals surface area contributed by atoms with Crippen molar-refractivity contribution in [1.29, 1.82) is 0 Å². The standard InChI is InChI=1S/C33H58BrN5O13/c34-24-28(41)35-13-14-36-29(42)25-51-22-21-50-19-16-38-30(43)26-52-23-20-49-18-15-37-27(40)10-9-17-39(33(47)48)31(44)11-7-5-3-1-2-4-6-8-12-32(45)46/h1-26H2,(H,35,41)(H,36,42)(H,37,40)(H,38,43)(H,45,46)(H,47,48). The van der Waals surface area contributed by atoms with Gasteiger partial charge in [0.15, 0.2) is 0 Å². The first kappa shape index (κ1) is 48.6. The number of hydrogen-bond donors (Lipinski definition) is 6. The van der Waals surface area contributed by atoms with Gasteiger partial charge in [0.2, 0.25) is 29.5 Å². The minimum absolute atomic E-state index is 0.0569. The van der Waals surface area contributed by atoms with E-state index in [0.29, 0.717) is 25.9 Å². The zero-order valence-electron chi connectivity index (χ0n) is 30.1. The number of carboxylic acid groups (broad SMARTS) is 2. The SMILES string of the molecule is O=C(O)CCCCCCCCCCC(=O)N(CCCC(=O)NCCOCCOCC(=O)NCCOCCOCC(=O)NCCNC(=O)CBr)C(=O)O. The monoisotopic (exact) mass is 811 g/mol. The quantitative estimate of drug-likeness (QED) is 0.0389. The van der Waals surface area contributed by atoms with E-state index in [9.17, 15) is 38.7 Å². The molecule has 18 nitrogen and oxygen atoms in total. The Kier molecular flexibility index (Phi) is 32.4. The Hall–Kier alpha value is -3.39. The van der Waals surface area contributed by atoms with Crippen LogP contribution in [0.15, 0.2) is 0 Å². The number of ether oxygens (including phenoxy) is 4. The predicted molar refractivity (Wildman–Crippen MR) is 192 cm³/mol. The van der Waals surface area contributed by atoms with E-state index in [1.165, 1.54) is 0 Å². The first-order chi connectivity index (χ1) is 25.1. The molecule has 19 heteroatoms. The van der Waals surface area contributed by atoms with Gasteiger partial charge in [0.1, 0.15) is 13.2 Å². The molecule has 300 valence electrons. The molecule has 0 spiro atoms. The fraction of sp³-hybridized carbons (Fsp3) is 0.788. The van der Waals surface area contributed by atoms with Crippen LogP contribution in [0.5, 0.6) is 0 Å². The summed E-state index contributed by atoms with van der Waals surface area (Å²) in [6.07, 6.45) is 6.12. The molecule has 0 atom stereocenters. The van der Waals surface area contributed by atoms with E-state index in [1.54, 1.807) is 0 Å². The van der Waals surface area contributed by atoms with Crippen LogP contribution < -0.4 is 21.3 Å². The molecule has 0 aliphatic carbocycles. The van der Waals surface area contributed by atoms with Crippen molar-refractivity contribution in [1.82, 2.24) is 26.2 Å². The van der Waals surface area contributed by atoms with Gasteiger partial charge in [-0.3, -0.25) is 28.8 Å². The Morgan fingerprint density at radius 1 is 0.481 bits per heavy atom. The summed E-state index contributed by atoms with van der Waals surface area (Å²) in [5.41, 5.74) is 0. The van der Waals surface area contributed by atoms with Crippen molar-refractivity contribution in [3.63, 3.8) is 0 Å². The number of nitrogens with one attached hydrogen (secondary N) is 4. The van der Waals surface area contributed by atoms with Gasteiger partial charge in [0, 0.05) is 52.0 Å². The highest BCUT2D eigenvalue weighted by Crippen LogP contribution is 2.12. The molecule has 0 fully saturated rings. The Morgan fingerprint density at radius 3 is 1.42 bits per heavy atom. The van der Waals surface area contributed by atoms with Gasteiger partial charge >= 0.3 is 12.1 Å². The fourth-order valence-electron chi connectivity index (χ4n) is 4.41. The summed E-state index contributed by atoms with van der Waals surface area (Å²) >= 11 is 3.02. The minimum atomic E-state index is -1.33. The second-order valence-corrected chi connectivity index (χ2v) is 12.1. The highest BCUT2D eigenvalue weighted by Gasteiger charge is 2.20. The summed E-state index contributed by atoms with van der Waals surface area (Å²) in [6, 6.07) is 0. The zero-order valence-corrected chi connectivity index (χ0v) is 31.7. The maximum Gasteiger partial charge on any atom is 0.414 e. The van der Waals surface area contributed by atoms with Crippen LogP contribution in [0.25, 0.3) is 0 Å². The van der Waals surface area contributed by atoms with Crippen LogP contribution in [0.1, 0.15) is 77.0 Å². The first-order valence-electron chi connectivity index (χ1n) is 17.8. The third kappa shape index (κ3) is 32.5. The normalized spacial score (nSPS) is 10.7. The lowest BCUT2D eigenvalue weighted by Gasteiger charge is -2.17. The van der Waals surface area contributed by atoms with Crippen LogP contribution in [0.2, 0.25) is 0 Å². The van der Waals surface area contributed by atoms with Crippen molar-refractivity contribution < 1.29 is 62.7 Å². The Bertz CT molecular complexity index is 1040. The maximum atomic E-state index is 12.4. The Balaban J connectivity index is 3.66. The molecule has 52 heavy (non-hydrogen) atoms. The number of nitrogens with zero attached hydrogens (tertiary/aromatic N) is 1. The largest absolute Gasteiger partial charge is 0.481 e. The summed E-state index contributed by atoms with van der Waals surface area (Å²) in [6.45, 7) is 2.07. The maximum absolute atomic E-state index is 12.4. The van der Waals surface area contributed by atoms with Crippen LogP contribution in [0.3, 0.4) is 0 Å². The van der Waals surface area contributed by atoms with Crippen LogP contribution in [-0.4, -0.2) is 148 Å². The lowest BCUT2D eigenvalue weighted by Crippen LogP contribution is -2.37. The number of hydrogen-bond acceptors (Lipinski definition) is 11. The minimum Gasteiger partial charge on any atom is -0.481 e. The van der Waals surface area contributed by atoms with E-state index in [4.69, 9.17) is 24.1 Å². The molecule has 0 aromatic carbocycles. The molecule has 0 heterocycles. The number of amides is 6. The lowest BCUT2D eigenvalue weighted by atomic mass is 10.1. The van der Waals surface area contributed by atoms with Gasteiger partial charge in [-0.1, -0.05) is 54.5 Å². The highest BCUT2D eigenvalue weighted by molar-refractivity contribution is 9.09. The second kappa shape index (κ2) is 34.7. The zero-order chi connectivity index (χ0) is 38.7. The lowest BCUT2D eigenvalue weighted by molar-refractivity contribution is -0.137. The molecule has 0 radical (unpaired) electrons. The van der Waals surface area contributed by atoms with Crippen molar-refractivity contribution >= 4 is 57.5 Å². The summed E-state index contributed by atoms with van der Waals surface area (Å²) in [4.78, 5) is 81.7. The highest BCUT2D eigenvalue weighted by atomic mass is 79.9. The molecule has 0 aromatic rings. The van der Waals surface area contributed by atoms with Gasteiger partial charge in [-0.25, -0.2) is 9.69 Å². The van der Waals surface area contributed by atoms with Crippen molar-refractivity contribution in [3.05, 3.63) is 0 Å². The molecule has 6 amide bonds. The summed E-state index contributed by atoms with van der Waals surface area (Å²) in [5, 5.41) is 28.7. The van der Waals surface area contributed by atoms with Crippen LogP contribution in [-0.2, 0) is 47.7 Å². The predicted octanol–water partition coefficient (Wildman–Crippen LogP) is 1.18. The fourth-order valence-corrected chi connectivity index (χ4v) is 4.61. The molecule has 0 saturated carbocycles. The summed E-state index contributed by atoms with van der Waals surface area (Å²) < 4.78 is 21.1. The van der Waals surface area contributed by atoms with E-state index in [1.807, 2.05) is 0 Å².